The van der Waals surface area contributed by atoms with Gasteiger partial charge in [0.2, 0.25) is 0 Å². The molecule has 0 saturated heterocycles. The van der Waals surface area contributed by atoms with Gasteiger partial charge >= 0.3 is 0 Å². The molecule has 1 heterocycles. The van der Waals surface area contributed by atoms with E-state index in [2.05, 4.69) is 13.0 Å². The fourth-order valence-corrected chi connectivity index (χ4v) is 2.62. The van der Waals surface area contributed by atoms with Crippen molar-refractivity contribution >= 4 is 17.1 Å². The van der Waals surface area contributed by atoms with Crippen LogP contribution in [-0.4, -0.2) is 5.78 Å². The van der Waals surface area contributed by atoms with Gasteiger partial charge in [-0.1, -0.05) is 6.92 Å². The van der Waals surface area contributed by atoms with Crippen LogP contribution in [0.2, 0.25) is 0 Å². The lowest BCUT2D eigenvalue weighted by Gasteiger charge is -2.08. The summed E-state index contributed by atoms with van der Waals surface area (Å²) in [6, 6.07) is 8.03. The van der Waals surface area contributed by atoms with E-state index in [1.807, 2.05) is 6.07 Å². The fraction of sp³-hybridized carbons (Fsp3) is 0.267. The van der Waals surface area contributed by atoms with Crippen LogP contribution in [0.5, 0.6) is 5.75 Å². The molecule has 1 aromatic carbocycles. The Balaban J connectivity index is 2.14. The van der Waals surface area contributed by atoms with Gasteiger partial charge in [-0.05, 0) is 37.6 Å². The predicted octanol–water partition coefficient (Wildman–Crippen LogP) is 4.23. The Morgan fingerprint density at radius 2 is 2.00 bits per heavy atom. The molecule has 0 aliphatic heterocycles. The van der Waals surface area contributed by atoms with Crippen LogP contribution in [0.4, 0.5) is 4.39 Å². The molecule has 0 bridgehead atoms. The Morgan fingerprint density at radius 3 is 2.63 bits per heavy atom. The second-order valence-corrected chi connectivity index (χ2v) is 5.46. The number of carbonyl (C=O) groups is 1. The van der Waals surface area contributed by atoms with Gasteiger partial charge in [0.1, 0.15) is 18.2 Å². The number of Topliss-reactive ketones (excluding diaryl/α,β-unsaturated/α-hetero) is 1. The van der Waals surface area contributed by atoms with Crippen LogP contribution in [0.15, 0.2) is 30.3 Å². The van der Waals surface area contributed by atoms with Crippen molar-refractivity contribution in [2.75, 3.05) is 0 Å². The van der Waals surface area contributed by atoms with Gasteiger partial charge in [-0.2, -0.15) is 0 Å². The highest BCUT2D eigenvalue weighted by molar-refractivity contribution is 7.11. The van der Waals surface area contributed by atoms with E-state index in [4.69, 9.17) is 4.74 Å². The van der Waals surface area contributed by atoms with Crippen molar-refractivity contribution in [1.82, 2.24) is 0 Å². The number of aryl methyl sites for hydroxylation is 1. The first-order chi connectivity index (χ1) is 9.10. The van der Waals surface area contributed by atoms with Gasteiger partial charge in [-0.3, -0.25) is 4.79 Å². The van der Waals surface area contributed by atoms with Gasteiger partial charge < -0.3 is 4.74 Å². The molecule has 0 radical (unpaired) electrons. The molecule has 0 spiro atoms. The molecule has 2 rings (SSSR count). The summed E-state index contributed by atoms with van der Waals surface area (Å²) in [7, 11) is 0. The Morgan fingerprint density at radius 1 is 1.26 bits per heavy atom. The Kier molecular flexibility index (Phi) is 4.32. The van der Waals surface area contributed by atoms with E-state index in [1.54, 1.807) is 11.3 Å². The van der Waals surface area contributed by atoms with Gasteiger partial charge in [-0.25, -0.2) is 4.39 Å². The summed E-state index contributed by atoms with van der Waals surface area (Å²) in [4.78, 5) is 13.8. The number of thiophene rings is 1. The number of ketones is 1. The van der Waals surface area contributed by atoms with E-state index in [0.29, 0.717) is 17.9 Å². The summed E-state index contributed by atoms with van der Waals surface area (Å²) < 4.78 is 18.8. The maximum Gasteiger partial charge on any atom is 0.163 e. The topological polar surface area (TPSA) is 26.3 Å². The summed E-state index contributed by atoms with van der Waals surface area (Å²) in [5, 5.41) is 0. The monoisotopic (exact) mass is 278 g/mol. The van der Waals surface area contributed by atoms with E-state index in [-0.39, 0.29) is 5.78 Å². The molecule has 0 N–H and O–H groups in total. The minimum absolute atomic E-state index is 0.129. The third-order valence-electron chi connectivity index (χ3n) is 2.76. The maximum absolute atomic E-state index is 13.2. The van der Waals surface area contributed by atoms with Crippen LogP contribution in [-0.2, 0) is 13.0 Å². The fourth-order valence-electron chi connectivity index (χ4n) is 1.75. The van der Waals surface area contributed by atoms with Crippen LogP contribution in [0, 0.1) is 5.82 Å². The van der Waals surface area contributed by atoms with Gasteiger partial charge in [0.15, 0.2) is 5.78 Å². The lowest BCUT2D eigenvalue weighted by atomic mass is 10.1. The largest absolute Gasteiger partial charge is 0.487 e. The highest BCUT2D eigenvalue weighted by atomic mass is 32.1. The molecule has 2 aromatic rings. The normalized spacial score (nSPS) is 10.5. The number of carbonyl (C=O) groups excluding carboxylic acids is 1. The quantitative estimate of drug-likeness (QED) is 0.765. The van der Waals surface area contributed by atoms with E-state index >= 15 is 0 Å². The number of rotatable bonds is 5. The molecule has 4 heteroatoms. The van der Waals surface area contributed by atoms with Crippen molar-refractivity contribution in [3.05, 3.63) is 51.5 Å². The number of halogens is 1. The van der Waals surface area contributed by atoms with Crippen molar-refractivity contribution in [1.29, 1.82) is 0 Å². The molecule has 0 fully saturated rings. The number of benzene rings is 1. The number of hydrogen-bond donors (Lipinski definition) is 0. The molecule has 100 valence electrons. The van der Waals surface area contributed by atoms with Crippen molar-refractivity contribution in [2.24, 2.45) is 0 Å². The zero-order valence-corrected chi connectivity index (χ0v) is 11.7. The minimum atomic E-state index is -0.402. The third-order valence-corrected chi connectivity index (χ3v) is 3.96. The van der Waals surface area contributed by atoms with Gasteiger partial charge in [0, 0.05) is 15.8 Å². The first-order valence-electron chi connectivity index (χ1n) is 6.11. The molecular weight excluding hydrogens is 263 g/mol. The van der Waals surface area contributed by atoms with Gasteiger partial charge in [0.25, 0.3) is 0 Å². The lowest BCUT2D eigenvalue weighted by molar-refractivity contribution is 0.101. The van der Waals surface area contributed by atoms with E-state index in [0.717, 1.165) is 11.3 Å². The highest BCUT2D eigenvalue weighted by Gasteiger charge is 2.10. The zero-order valence-electron chi connectivity index (χ0n) is 10.9. The van der Waals surface area contributed by atoms with Crippen molar-refractivity contribution in [3.8, 4) is 5.75 Å². The number of ether oxygens (including phenoxy) is 1. The Hall–Kier alpha value is -1.68. The van der Waals surface area contributed by atoms with E-state index < -0.39 is 5.82 Å². The zero-order chi connectivity index (χ0) is 13.8. The molecule has 0 amide bonds. The summed E-state index contributed by atoms with van der Waals surface area (Å²) in [6.07, 6.45) is 0.989. The minimum Gasteiger partial charge on any atom is -0.487 e. The van der Waals surface area contributed by atoms with Crippen LogP contribution >= 0.6 is 11.3 Å². The number of hydrogen-bond acceptors (Lipinski definition) is 3. The smallest absolute Gasteiger partial charge is 0.163 e. The predicted molar refractivity (Wildman–Crippen MR) is 74.4 cm³/mol. The van der Waals surface area contributed by atoms with Crippen LogP contribution in [0.1, 0.15) is 34.0 Å². The maximum atomic E-state index is 13.2. The Labute approximate surface area is 115 Å². The molecule has 1 aromatic heterocycles. The molecule has 0 unspecified atom stereocenters. The molecule has 0 aliphatic carbocycles. The summed E-state index contributed by atoms with van der Waals surface area (Å²) in [6.45, 7) is 3.89. The van der Waals surface area contributed by atoms with Crippen LogP contribution < -0.4 is 4.74 Å². The molecule has 0 atom stereocenters. The van der Waals surface area contributed by atoms with Gasteiger partial charge in [-0.15, -0.1) is 11.3 Å². The summed E-state index contributed by atoms with van der Waals surface area (Å²) in [5.74, 6) is -0.227. The van der Waals surface area contributed by atoms with E-state index in [1.165, 1.54) is 30.0 Å². The first-order valence-corrected chi connectivity index (χ1v) is 6.92. The highest BCUT2D eigenvalue weighted by Crippen LogP contribution is 2.24. The van der Waals surface area contributed by atoms with Crippen molar-refractivity contribution in [2.45, 2.75) is 26.9 Å². The SMILES string of the molecule is CCc1ccc(COc2cc(F)ccc2C(C)=O)s1. The molecular formula is C15H15FO2S. The summed E-state index contributed by atoms with van der Waals surface area (Å²) in [5.41, 5.74) is 0.411. The average molecular weight is 278 g/mol. The van der Waals surface area contributed by atoms with Crippen molar-refractivity contribution < 1.29 is 13.9 Å². The second-order valence-electron chi connectivity index (χ2n) is 4.21. The molecule has 0 saturated carbocycles. The average Bonchev–Trinajstić information content (AvgIpc) is 2.84. The lowest BCUT2D eigenvalue weighted by Crippen LogP contribution is -2.01. The Bertz CT molecular complexity index is 590. The molecule has 2 nitrogen and oxygen atoms in total. The van der Waals surface area contributed by atoms with Crippen LogP contribution in [0.3, 0.4) is 0 Å². The first kappa shape index (κ1) is 13.7. The molecule has 0 aliphatic rings. The standard InChI is InChI=1S/C15H15FO2S/c1-3-12-5-6-13(19-12)9-18-15-8-11(16)4-7-14(15)10(2)17/h4-8H,3,9H2,1-2H3. The second kappa shape index (κ2) is 5.97. The third kappa shape index (κ3) is 3.41. The van der Waals surface area contributed by atoms with Crippen LogP contribution in [0.25, 0.3) is 0 Å². The van der Waals surface area contributed by atoms with Gasteiger partial charge in [0.05, 0.1) is 5.56 Å². The van der Waals surface area contributed by atoms with Crippen molar-refractivity contribution in [3.63, 3.8) is 0 Å². The summed E-state index contributed by atoms with van der Waals surface area (Å²) >= 11 is 1.67. The molecule has 19 heavy (non-hydrogen) atoms. The van der Waals surface area contributed by atoms with E-state index in [9.17, 15) is 9.18 Å².